The van der Waals surface area contributed by atoms with Crippen LogP contribution < -0.4 is 10.6 Å². The van der Waals surface area contributed by atoms with E-state index in [4.69, 9.17) is 10.5 Å². The summed E-state index contributed by atoms with van der Waals surface area (Å²) in [6, 6.07) is 8.84. The van der Waals surface area contributed by atoms with Gasteiger partial charge in [-0.05, 0) is 42.2 Å². The van der Waals surface area contributed by atoms with Crippen LogP contribution in [0.25, 0.3) is 0 Å². The molecular formula is C22H27FN4O3. The second kappa shape index (κ2) is 10.2. The van der Waals surface area contributed by atoms with Crippen LogP contribution in [-0.2, 0) is 33.8 Å². The number of anilines is 1. The molecule has 0 radical (unpaired) electrons. The number of esters is 1. The van der Waals surface area contributed by atoms with E-state index in [0.29, 0.717) is 24.0 Å². The van der Waals surface area contributed by atoms with Crippen LogP contribution in [0.5, 0.6) is 0 Å². The highest BCUT2D eigenvalue weighted by Crippen LogP contribution is 2.18. The maximum absolute atomic E-state index is 14.3. The van der Waals surface area contributed by atoms with E-state index < -0.39 is 5.97 Å². The number of benzene rings is 1. The normalized spacial score (nSPS) is 14.0. The minimum absolute atomic E-state index is 0.0108. The first kappa shape index (κ1) is 21.7. The average molecular weight is 414 g/mol. The van der Waals surface area contributed by atoms with Gasteiger partial charge < -0.3 is 20.3 Å². The van der Waals surface area contributed by atoms with Crippen molar-refractivity contribution in [2.45, 2.75) is 26.4 Å². The van der Waals surface area contributed by atoms with Crippen molar-refractivity contribution in [2.24, 2.45) is 5.73 Å². The van der Waals surface area contributed by atoms with Gasteiger partial charge in [-0.2, -0.15) is 0 Å². The van der Waals surface area contributed by atoms with E-state index in [2.05, 4.69) is 9.88 Å². The molecule has 0 atom stereocenters. The summed E-state index contributed by atoms with van der Waals surface area (Å²) >= 11 is 0. The largest absolute Gasteiger partial charge is 0.460 e. The fraction of sp³-hybridized carbons (Fsp3) is 0.409. The van der Waals surface area contributed by atoms with Crippen molar-refractivity contribution in [1.82, 2.24) is 9.88 Å². The lowest BCUT2D eigenvalue weighted by atomic mass is 10.0. The first-order valence-corrected chi connectivity index (χ1v) is 10.0. The Morgan fingerprint density at radius 1 is 1.13 bits per heavy atom. The van der Waals surface area contributed by atoms with Gasteiger partial charge in [-0.25, -0.2) is 4.39 Å². The molecule has 30 heavy (non-hydrogen) atoms. The van der Waals surface area contributed by atoms with Crippen molar-refractivity contribution >= 4 is 17.6 Å². The monoisotopic (exact) mass is 414 g/mol. The molecule has 1 aromatic heterocycles. The Kier molecular flexibility index (Phi) is 7.35. The van der Waals surface area contributed by atoms with Gasteiger partial charge in [0.05, 0.1) is 18.4 Å². The highest BCUT2D eigenvalue weighted by atomic mass is 19.1. The summed E-state index contributed by atoms with van der Waals surface area (Å²) in [5.74, 6) is -0.731. The van der Waals surface area contributed by atoms with Crippen LogP contribution in [-0.4, -0.2) is 54.5 Å². The van der Waals surface area contributed by atoms with Gasteiger partial charge in [0.15, 0.2) is 0 Å². The van der Waals surface area contributed by atoms with Crippen molar-refractivity contribution in [2.75, 3.05) is 37.6 Å². The second-order valence-corrected chi connectivity index (χ2v) is 7.29. The van der Waals surface area contributed by atoms with E-state index >= 15 is 0 Å². The van der Waals surface area contributed by atoms with Crippen LogP contribution in [0.1, 0.15) is 23.7 Å². The molecule has 1 amide bonds. The number of pyridine rings is 1. The summed E-state index contributed by atoms with van der Waals surface area (Å²) in [4.78, 5) is 31.1. The number of carbonyl (C=O) groups excluding carboxylic acids is 2. The number of aromatic nitrogens is 1. The number of aryl methyl sites for hydroxylation is 2. The van der Waals surface area contributed by atoms with Crippen molar-refractivity contribution in [3.8, 4) is 0 Å². The lowest BCUT2D eigenvalue weighted by Gasteiger charge is -2.35. The molecule has 8 heteroatoms. The van der Waals surface area contributed by atoms with E-state index in [0.717, 1.165) is 37.6 Å². The molecule has 7 nitrogen and oxygen atoms in total. The topological polar surface area (TPSA) is 88.8 Å². The number of nitrogens with zero attached hydrogens (tertiary/aromatic N) is 3. The summed E-state index contributed by atoms with van der Waals surface area (Å²) in [6.07, 6.45) is 2.99. The van der Waals surface area contributed by atoms with Gasteiger partial charge in [0.25, 0.3) is 0 Å². The average Bonchev–Trinajstić information content (AvgIpc) is 2.77. The molecule has 2 heterocycles. The zero-order chi connectivity index (χ0) is 21.5. The van der Waals surface area contributed by atoms with Gasteiger partial charge in [-0.3, -0.25) is 14.6 Å². The van der Waals surface area contributed by atoms with E-state index in [-0.39, 0.29) is 24.9 Å². The van der Waals surface area contributed by atoms with E-state index in [1.165, 1.54) is 6.07 Å². The van der Waals surface area contributed by atoms with Crippen LogP contribution >= 0.6 is 0 Å². The Bertz CT molecular complexity index is 880. The zero-order valence-electron chi connectivity index (χ0n) is 17.1. The van der Waals surface area contributed by atoms with Crippen molar-refractivity contribution in [3.05, 3.63) is 59.2 Å². The summed E-state index contributed by atoms with van der Waals surface area (Å²) < 4.78 is 19.3. The number of nitrogens with two attached hydrogens (primary N) is 1. The molecule has 0 aliphatic carbocycles. The van der Waals surface area contributed by atoms with E-state index in [1.54, 1.807) is 19.1 Å². The highest BCUT2D eigenvalue weighted by Gasteiger charge is 2.18. The molecule has 1 saturated heterocycles. The van der Waals surface area contributed by atoms with E-state index in [9.17, 15) is 14.0 Å². The quantitative estimate of drug-likeness (QED) is 0.694. The third-order valence-corrected chi connectivity index (χ3v) is 5.23. The fourth-order valence-electron chi connectivity index (χ4n) is 3.40. The van der Waals surface area contributed by atoms with Gasteiger partial charge in [-0.1, -0.05) is 12.1 Å². The van der Waals surface area contributed by atoms with Gasteiger partial charge >= 0.3 is 5.97 Å². The fourth-order valence-corrected chi connectivity index (χ4v) is 3.40. The van der Waals surface area contributed by atoms with Gasteiger partial charge in [0.1, 0.15) is 12.4 Å². The van der Waals surface area contributed by atoms with Crippen molar-refractivity contribution in [3.63, 3.8) is 0 Å². The van der Waals surface area contributed by atoms with Crippen LogP contribution in [0.15, 0.2) is 36.5 Å². The Morgan fingerprint density at radius 2 is 1.90 bits per heavy atom. The molecule has 160 valence electrons. The summed E-state index contributed by atoms with van der Waals surface area (Å²) in [5, 5.41) is 0. The smallest absolute Gasteiger partial charge is 0.320 e. The predicted molar refractivity (Wildman–Crippen MR) is 111 cm³/mol. The number of carbonyl (C=O) groups is 2. The van der Waals surface area contributed by atoms with E-state index in [1.807, 2.05) is 23.2 Å². The molecule has 2 aromatic rings. The molecule has 1 aliphatic rings. The maximum Gasteiger partial charge on any atom is 0.320 e. The number of amides is 1. The minimum atomic E-state index is -0.519. The lowest BCUT2D eigenvalue weighted by Crippen LogP contribution is -2.48. The molecule has 3 rings (SSSR count). The number of ether oxygens (including phenoxy) is 1. The Hall–Kier alpha value is -3.00. The van der Waals surface area contributed by atoms with Crippen LogP contribution in [0.3, 0.4) is 0 Å². The first-order valence-electron chi connectivity index (χ1n) is 10.0. The zero-order valence-corrected chi connectivity index (χ0v) is 17.1. The number of rotatable bonds is 7. The van der Waals surface area contributed by atoms with Crippen molar-refractivity contribution in [1.29, 1.82) is 0 Å². The third kappa shape index (κ3) is 5.76. The summed E-state index contributed by atoms with van der Waals surface area (Å²) in [5.41, 5.74) is 8.28. The van der Waals surface area contributed by atoms with Gasteiger partial charge in [-0.15, -0.1) is 0 Å². The second-order valence-electron chi connectivity index (χ2n) is 7.29. The van der Waals surface area contributed by atoms with Crippen LogP contribution in [0, 0.1) is 5.82 Å². The van der Waals surface area contributed by atoms with Crippen molar-refractivity contribution < 1.29 is 18.7 Å². The standard InChI is InChI=1S/C22H27FN4O3/c1-16(28)26-8-10-27(11-9-26)20-7-6-19(25-14-20)5-4-18-3-2-17(12-21(18)23)15-30-22(29)13-24/h2-3,6-7,12,14H,4-5,8-11,13,15,24H2,1H3. The minimum Gasteiger partial charge on any atom is -0.460 e. The summed E-state index contributed by atoms with van der Waals surface area (Å²) in [7, 11) is 0. The first-order chi connectivity index (χ1) is 14.5. The number of halogens is 1. The molecule has 1 fully saturated rings. The number of piperazine rings is 1. The van der Waals surface area contributed by atoms with Gasteiger partial charge in [0.2, 0.25) is 5.91 Å². The molecular weight excluding hydrogens is 387 g/mol. The predicted octanol–water partition coefficient (Wildman–Crippen LogP) is 1.68. The molecule has 1 aliphatic heterocycles. The Balaban J connectivity index is 1.51. The third-order valence-electron chi connectivity index (χ3n) is 5.23. The molecule has 0 spiro atoms. The lowest BCUT2D eigenvalue weighted by molar-refractivity contribution is -0.143. The highest BCUT2D eigenvalue weighted by molar-refractivity contribution is 5.73. The maximum atomic E-state index is 14.3. The summed E-state index contributed by atoms with van der Waals surface area (Å²) in [6.45, 7) is 4.43. The van der Waals surface area contributed by atoms with Crippen LogP contribution in [0.4, 0.5) is 10.1 Å². The molecule has 2 N–H and O–H groups in total. The molecule has 0 saturated carbocycles. The Morgan fingerprint density at radius 3 is 2.50 bits per heavy atom. The number of hydrogen-bond donors (Lipinski definition) is 1. The number of hydrogen-bond acceptors (Lipinski definition) is 6. The Labute approximate surface area is 175 Å². The SMILES string of the molecule is CC(=O)N1CCN(c2ccc(CCc3ccc(COC(=O)CN)cc3F)nc2)CC1. The molecule has 0 bridgehead atoms. The molecule has 0 unspecified atom stereocenters. The molecule has 1 aromatic carbocycles. The van der Waals surface area contributed by atoms with Crippen LogP contribution in [0.2, 0.25) is 0 Å². The van der Waals surface area contributed by atoms with Gasteiger partial charge in [0, 0.05) is 38.8 Å².